The Balaban J connectivity index is 3.06. The van der Waals surface area contributed by atoms with Crippen LogP contribution >= 0.6 is 0 Å². The number of hydrogen-bond donors (Lipinski definition) is 7. The molecule has 0 saturated heterocycles. The maximum Gasteiger partial charge on any atom is 0.326 e. The molecule has 0 aliphatic rings. The molecule has 1 heterocycles. The first-order chi connectivity index (χ1) is 16.8. The van der Waals surface area contributed by atoms with E-state index in [0.29, 0.717) is 12.1 Å². The number of carboxylic acid groups (broad SMARTS) is 2. The SMILES string of the molecule is CCC(C)C(N)C(=O)NC(Cc1cnc[nH]1)C(=O)NC(CC(C)C)C(=O)NC(CCC(=O)O)C(=O)O. The van der Waals surface area contributed by atoms with Gasteiger partial charge in [-0.3, -0.25) is 19.2 Å². The van der Waals surface area contributed by atoms with Gasteiger partial charge < -0.3 is 36.9 Å². The van der Waals surface area contributed by atoms with Crippen LogP contribution in [0.15, 0.2) is 12.5 Å². The molecule has 0 aromatic carbocycles. The van der Waals surface area contributed by atoms with E-state index in [1.54, 1.807) is 0 Å². The smallest absolute Gasteiger partial charge is 0.326 e. The number of aromatic nitrogens is 2. The molecule has 5 unspecified atom stereocenters. The Bertz CT molecular complexity index is 890. The average Bonchev–Trinajstić information content (AvgIpc) is 3.31. The quantitative estimate of drug-likeness (QED) is 0.156. The van der Waals surface area contributed by atoms with Crippen LogP contribution in [0, 0.1) is 11.8 Å². The van der Waals surface area contributed by atoms with E-state index in [1.165, 1.54) is 12.5 Å². The first kappa shape index (κ1) is 30.6. The molecule has 202 valence electrons. The van der Waals surface area contributed by atoms with Crippen molar-refractivity contribution in [2.75, 3.05) is 0 Å². The summed E-state index contributed by atoms with van der Waals surface area (Å²) in [6.07, 6.45) is 3.05. The Hall–Kier alpha value is -3.48. The standard InChI is InChI=1S/C23H38N6O7/c1-5-13(4)19(24)22(34)29-17(9-14-10-25-11-26-14)21(33)28-16(8-12(2)3)20(32)27-15(23(35)36)6-7-18(30)31/h10-13,15-17,19H,5-9,24H2,1-4H3,(H,25,26)(H,27,32)(H,28,33)(H,29,34)(H,30,31)(H,35,36). The molecule has 0 radical (unpaired) electrons. The zero-order valence-electron chi connectivity index (χ0n) is 21.1. The maximum absolute atomic E-state index is 13.2. The van der Waals surface area contributed by atoms with Gasteiger partial charge in [0.2, 0.25) is 17.7 Å². The van der Waals surface area contributed by atoms with Gasteiger partial charge in [-0.05, 0) is 24.7 Å². The van der Waals surface area contributed by atoms with E-state index in [2.05, 4.69) is 25.9 Å². The van der Waals surface area contributed by atoms with Gasteiger partial charge in [0.05, 0.1) is 12.4 Å². The summed E-state index contributed by atoms with van der Waals surface area (Å²) in [5.74, 6) is -4.71. The molecule has 13 nitrogen and oxygen atoms in total. The van der Waals surface area contributed by atoms with Crippen LogP contribution in [0.4, 0.5) is 0 Å². The lowest BCUT2D eigenvalue weighted by Gasteiger charge is -2.26. The molecule has 0 aliphatic carbocycles. The lowest BCUT2D eigenvalue weighted by Crippen LogP contribution is -2.58. The Morgan fingerprint density at radius 1 is 0.972 bits per heavy atom. The van der Waals surface area contributed by atoms with Crippen LogP contribution in [0.25, 0.3) is 0 Å². The van der Waals surface area contributed by atoms with Crippen LogP contribution in [-0.4, -0.2) is 74.0 Å². The van der Waals surface area contributed by atoms with Gasteiger partial charge in [-0.25, -0.2) is 9.78 Å². The summed E-state index contributed by atoms with van der Waals surface area (Å²) in [6, 6.07) is -4.48. The van der Waals surface area contributed by atoms with Crippen LogP contribution < -0.4 is 21.7 Å². The molecule has 0 spiro atoms. The number of aliphatic carboxylic acids is 2. The fraction of sp³-hybridized carbons (Fsp3) is 0.652. The van der Waals surface area contributed by atoms with E-state index in [0.717, 1.165) is 0 Å². The van der Waals surface area contributed by atoms with Crippen molar-refractivity contribution < 1.29 is 34.2 Å². The second-order valence-electron chi connectivity index (χ2n) is 9.28. The molecule has 5 atom stereocenters. The number of imidazole rings is 1. The van der Waals surface area contributed by atoms with Crippen LogP contribution in [-0.2, 0) is 30.4 Å². The first-order valence-electron chi connectivity index (χ1n) is 11.9. The van der Waals surface area contributed by atoms with E-state index < -0.39 is 60.2 Å². The molecule has 1 aromatic heterocycles. The van der Waals surface area contributed by atoms with Gasteiger partial charge >= 0.3 is 11.9 Å². The topological polar surface area (TPSA) is 217 Å². The van der Waals surface area contributed by atoms with Crippen LogP contribution in [0.3, 0.4) is 0 Å². The van der Waals surface area contributed by atoms with E-state index >= 15 is 0 Å². The summed E-state index contributed by atoms with van der Waals surface area (Å²) in [4.78, 5) is 67.9. The van der Waals surface area contributed by atoms with Gasteiger partial charge in [-0.2, -0.15) is 0 Å². The number of nitrogens with zero attached hydrogens (tertiary/aromatic N) is 1. The zero-order chi connectivity index (χ0) is 27.4. The monoisotopic (exact) mass is 510 g/mol. The lowest BCUT2D eigenvalue weighted by molar-refractivity contribution is -0.143. The number of carbonyl (C=O) groups is 5. The number of amides is 3. The molecule has 3 amide bonds. The van der Waals surface area contributed by atoms with Crippen LogP contribution in [0.1, 0.15) is 59.1 Å². The number of carbonyl (C=O) groups excluding carboxylic acids is 3. The normalized spacial score (nSPS) is 15.3. The number of nitrogens with two attached hydrogens (primary N) is 1. The highest BCUT2D eigenvalue weighted by molar-refractivity contribution is 5.94. The highest BCUT2D eigenvalue weighted by atomic mass is 16.4. The second-order valence-corrected chi connectivity index (χ2v) is 9.28. The van der Waals surface area contributed by atoms with Gasteiger partial charge in [0, 0.05) is 24.7 Å². The summed E-state index contributed by atoms with van der Waals surface area (Å²) >= 11 is 0. The van der Waals surface area contributed by atoms with Crippen LogP contribution in [0.5, 0.6) is 0 Å². The van der Waals surface area contributed by atoms with Crippen molar-refractivity contribution in [2.24, 2.45) is 17.6 Å². The predicted octanol–water partition coefficient (Wildman–Crippen LogP) is -0.224. The predicted molar refractivity (Wildman–Crippen MR) is 129 cm³/mol. The highest BCUT2D eigenvalue weighted by Crippen LogP contribution is 2.10. The number of nitrogens with one attached hydrogen (secondary N) is 4. The molecule has 0 bridgehead atoms. The van der Waals surface area contributed by atoms with Gasteiger partial charge in [0.1, 0.15) is 18.1 Å². The molecular weight excluding hydrogens is 472 g/mol. The van der Waals surface area contributed by atoms with Gasteiger partial charge in [0.25, 0.3) is 0 Å². The van der Waals surface area contributed by atoms with E-state index in [9.17, 15) is 29.1 Å². The fourth-order valence-corrected chi connectivity index (χ4v) is 3.38. The third-order valence-electron chi connectivity index (χ3n) is 5.77. The molecule has 1 rings (SSSR count). The third kappa shape index (κ3) is 10.4. The number of rotatable bonds is 16. The number of H-pyrrole nitrogens is 1. The van der Waals surface area contributed by atoms with Crippen molar-refractivity contribution in [3.8, 4) is 0 Å². The molecule has 0 fully saturated rings. The Morgan fingerprint density at radius 3 is 2.06 bits per heavy atom. The first-order valence-corrected chi connectivity index (χ1v) is 11.9. The van der Waals surface area contributed by atoms with Gasteiger partial charge in [-0.15, -0.1) is 0 Å². The van der Waals surface area contributed by atoms with Crippen molar-refractivity contribution in [3.63, 3.8) is 0 Å². The van der Waals surface area contributed by atoms with Gasteiger partial charge in [0.15, 0.2) is 0 Å². The van der Waals surface area contributed by atoms with E-state index in [-0.39, 0.29) is 31.1 Å². The van der Waals surface area contributed by atoms with Crippen molar-refractivity contribution in [1.82, 2.24) is 25.9 Å². The summed E-state index contributed by atoms with van der Waals surface area (Å²) in [5, 5.41) is 25.8. The summed E-state index contributed by atoms with van der Waals surface area (Å²) < 4.78 is 0. The molecule has 1 aromatic rings. The molecule has 13 heteroatoms. The van der Waals surface area contributed by atoms with Crippen molar-refractivity contribution in [1.29, 1.82) is 0 Å². The second kappa shape index (κ2) is 14.8. The third-order valence-corrected chi connectivity index (χ3v) is 5.77. The Labute approximate surface area is 210 Å². The average molecular weight is 511 g/mol. The Morgan fingerprint density at radius 2 is 1.56 bits per heavy atom. The largest absolute Gasteiger partial charge is 0.481 e. The minimum atomic E-state index is -1.44. The summed E-state index contributed by atoms with van der Waals surface area (Å²) in [7, 11) is 0. The van der Waals surface area contributed by atoms with E-state index in [4.69, 9.17) is 10.8 Å². The van der Waals surface area contributed by atoms with Crippen molar-refractivity contribution in [3.05, 3.63) is 18.2 Å². The molecule has 0 aliphatic heterocycles. The Kier molecular flexibility index (Phi) is 12.6. The molecule has 36 heavy (non-hydrogen) atoms. The minimum absolute atomic E-state index is 0.0528. The highest BCUT2D eigenvalue weighted by Gasteiger charge is 2.31. The maximum atomic E-state index is 13.2. The molecule has 0 saturated carbocycles. The van der Waals surface area contributed by atoms with Crippen LogP contribution in [0.2, 0.25) is 0 Å². The van der Waals surface area contributed by atoms with Crippen molar-refractivity contribution in [2.45, 2.75) is 84.0 Å². The van der Waals surface area contributed by atoms with Crippen molar-refractivity contribution >= 4 is 29.7 Å². The summed E-state index contributed by atoms with van der Waals surface area (Å²) in [6.45, 7) is 7.35. The van der Waals surface area contributed by atoms with Gasteiger partial charge in [-0.1, -0.05) is 34.1 Å². The van der Waals surface area contributed by atoms with E-state index in [1.807, 2.05) is 27.7 Å². The fourth-order valence-electron chi connectivity index (χ4n) is 3.38. The minimum Gasteiger partial charge on any atom is -0.481 e. The molecule has 8 N–H and O–H groups in total. The number of carboxylic acids is 2. The summed E-state index contributed by atoms with van der Waals surface area (Å²) in [5.41, 5.74) is 6.58. The molecular formula is C23H38N6O7. The lowest BCUT2D eigenvalue weighted by atomic mass is 9.98. The number of aromatic amines is 1. The number of hydrogen-bond acceptors (Lipinski definition) is 7. The zero-order valence-corrected chi connectivity index (χ0v) is 21.1.